The molecule has 0 aliphatic heterocycles. The van der Waals surface area contributed by atoms with Crippen molar-refractivity contribution in [2.24, 2.45) is 11.8 Å². The number of phosphoric acid groups is 2. The summed E-state index contributed by atoms with van der Waals surface area (Å²) in [5.74, 6) is -0.741. The molecule has 3 N–H and O–H groups in total. The van der Waals surface area contributed by atoms with Crippen LogP contribution in [-0.2, 0) is 65.4 Å². The summed E-state index contributed by atoms with van der Waals surface area (Å²) in [5, 5.41) is 10.5. The summed E-state index contributed by atoms with van der Waals surface area (Å²) in [6.45, 7) is 9.33. The third-order valence-corrected chi connectivity index (χ3v) is 16.5. The van der Waals surface area contributed by atoms with Crippen molar-refractivity contribution < 1.29 is 80.2 Å². The summed E-state index contributed by atoms with van der Waals surface area (Å²) < 4.78 is 67.8. The highest BCUT2D eigenvalue weighted by Gasteiger charge is 2.30. The number of esters is 4. The molecule has 0 amide bonds. The Morgan fingerprint density at radius 3 is 0.938 bits per heavy atom. The highest BCUT2D eigenvalue weighted by atomic mass is 31.2. The predicted octanol–water partition coefficient (Wildman–Crippen LogP) is 16.9. The first-order valence-corrected chi connectivity index (χ1v) is 35.5. The number of carbonyl (C=O) groups excluding carboxylic acids is 4. The van der Waals surface area contributed by atoms with E-state index >= 15 is 0 Å². The van der Waals surface area contributed by atoms with Crippen LogP contribution in [0.1, 0.15) is 305 Å². The van der Waals surface area contributed by atoms with E-state index in [4.69, 9.17) is 37.0 Å². The monoisotopic (exact) mass is 1200 g/mol. The molecule has 0 aromatic rings. The van der Waals surface area contributed by atoms with Gasteiger partial charge in [-0.25, -0.2) is 9.13 Å². The first kappa shape index (κ1) is 79.1. The minimum atomic E-state index is -4.94. The third kappa shape index (κ3) is 55.7. The van der Waals surface area contributed by atoms with Gasteiger partial charge in [0.25, 0.3) is 0 Å². The van der Waals surface area contributed by atoms with Crippen LogP contribution in [0.3, 0.4) is 0 Å². The summed E-state index contributed by atoms with van der Waals surface area (Å²) in [6, 6.07) is 0. The van der Waals surface area contributed by atoms with Gasteiger partial charge in [-0.2, -0.15) is 0 Å². The second-order valence-electron chi connectivity index (χ2n) is 23.2. The molecule has 0 heterocycles. The SMILES string of the molecule is CCCCCCCCCCCCCCCC(=O)O[C@H](COC(=O)CCCCCCCCC(C)CC)COP(=O)(O)OC[C@@H](O)COP(=O)(O)OC[C@@H](COC(=O)CCCCCCCCCCC)OC(=O)CCCCCCCCC(C)C. The minimum absolute atomic E-state index is 0.102. The maximum absolute atomic E-state index is 13.0. The topological polar surface area (TPSA) is 237 Å². The zero-order valence-corrected chi connectivity index (χ0v) is 53.9. The van der Waals surface area contributed by atoms with Gasteiger partial charge in [0.05, 0.1) is 26.4 Å². The Kier molecular flexibility index (Phi) is 53.4. The maximum atomic E-state index is 13.0. The highest BCUT2D eigenvalue weighted by Crippen LogP contribution is 2.45. The third-order valence-electron chi connectivity index (χ3n) is 14.6. The predicted molar refractivity (Wildman–Crippen MR) is 321 cm³/mol. The van der Waals surface area contributed by atoms with Crippen molar-refractivity contribution in [1.29, 1.82) is 0 Å². The van der Waals surface area contributed by atoms with Gasteiger partial charge in [0, 0.05) is 25.7 Å². The number of phosphoric ester groups is 2. The molecule has 3 unspecified atom stereocenters. The fourth-order valence-corrected chi connectivity index (χ4v) is 10.7. The first-order chi connectivity index (χ1) is 38.9. The van der Waals surface area contributed by atoms with Crippen molar-refractivity contribution in [2.75, 3.05) is 39.6 Å². The fraction of sp³-hybridized carbons (Fsp3) is 0.935. The summed E-state index contributed by atoms with van der Waals surface area (Å²) in [4.78, 5) is 72.0. The molecule has 0 spiro atoms. The number of hydrogen-bond donors (Lipinski definition) is 3. The number of hydrogen-bond acceptors (Lipinski definition) is 15. The van der Waals surface area contributed by atoms with E-state index in [9.17, 15) is 43.2 Å². The molecular weight excluding hydrogens is 1080 g/mol. The molecule has 0 aliphatic carbocycles. The summed E-state index contributed by atoms with van der Waals surface area (Å²) in [5.41, 5.74) is 0. The Bertz CT molecular complexity index is 1600. The van der Waals surface area contributed by atoms with Crippen LogP contribution >= 0.6 is 15.6 Å². The van der Waals surface area contributed by atoms with Gasteiger partial charge in [-0.1, -0.05) is 253 Å². The molecule has 0 aromatic heterocycles. The van der Waals surface area contributed by atoms with E-state index < -0.39 is 97.5 Å². The second-order valence-corrected chi connectivity index (χ2v) is 26.1. The lowest BCUT2D eigenvalue weighted by atomic mass is 10.00. The Balaban J connectivity index is 5.23. The lowest BCUT2D eigenvalue weighted by molar-refractivity contribution is -0.161. The number of aliphatic hydroxyl groups is 1. The lowest BCUT2D eigenvalue weighted by Crippen LogP contribution is -2.30. The van der Waals surface area contributed by atoms with E-state index in [2.05, 4.69) is 41.5 Å². The van der Waals surface area contributed by atoms with Crippen LogP contribution in [0.15, 0.2) is 0 Å². The van der Waals surface area contributed by atoms with Crippen LogP contribution in [-0.4, -0.2) is 96.7 Å². The molecule has 0 rings (SSSR count). The van der Waals surface area contributed by atoms with Gasteiger partial charge in [-0.05, 0) is 37.5 Å². The van der Waals surface area contributed by atoms with Crippen molar-refractivity contribution in [1.82, 2.24) is 0 Å². The van der Waals surface area contributed by atoms with Crippen molar-refractivity contribution in [3.05, 3.63) is 0 Å². The highest BCUT2D eigenvalue weighted by molar-refractivity contribution is 7.47. The Labute approximate surface area is 492 Å². The number of aliphatic hydroxyl groups excluding tert-OH is 1. The summed E-state index contributed by atoms with van der Waals surface area (Å²) in [6.07, 6.45) is 36.3. The number of rotatable bonds is 61. The normalized spacial score (nSPS) is 14.7. The van der Waals surface area contributed by atoms with Gasteiger partial charge in [0.15, 0.2) is 12.2 Å². The molecule has 0 saturated heterocycles. The average molecular weight is 1200 g/mol. The quantitative estimate of drug-likeness (QED) is 0.0222. The van der Waals surface area contributed by atoms with Crippen molar-refractivity contribution in [2.45, 2.75) is 323 Å². The second kappa shape index (κ2) is 54.7. The van der Waals surface area contributed by atoms with Crippen molar-refractivity contribution >= 4 is 39.5 Å². The van der Waals surface area contributed by atoms with Gasteiger partial charge in [0.1, 0.15) is 19.3 Å². The molecule has 0 aromatic carbocycles. The van der Waals surface area contributed by atoms with Crippen molar-refractivity contribution in [3.63, 3.8) is 0 Å². The lowest BCUT2D eigenvalue weighted by Gasteiger charge is -2.21. The van der Waals surface area contributed by atoms with Gasteiger partial charge in [-0.3, -0.25) is 37.3 Å². The fourth-order valence-electron chi connectivity index (χ4n) is 9.15. The zero-order chi connectivity index (χ0) is 60.1. The van der Waals surface area contributed by atoms with Crippen LogP contribution in [0.2, 0.25) is 0 Å². The summed E-state index contributed by atoms with van der Waals surface area (Å²) >= 11 is 0. The van der Waals surface area contributed by atoms with E-state index in [0.29, 0.717) is 31.6 Å². The molecule has 19 heteroatoms. The van der Waals surface area contributed by atoms with E-state index in [0.717, 1.165) is 102 Å². The molecule has 17 nitrogen and oxygen atoms in total. The molecule has 0 bridgehead atoms. The van der Waals surface area contributed by atoms with Crippen LogP contribution in [0.25, 0.3) is 0 Å². The molecular formula is C62H120O17P2. The molecule has 81 heavy (non-hydrogen) atoms. The van der Waals surface area contributed by atoms with Crippen LogP contribution in [0.4, 0.5) is 0 Å². The van der Waals surface area contributed by atoms with Crippen LogP contribution in [0, 0.1) is 11.8 Å². The van der Waals surface area contributed by atoms with E-state index in [1.54, 1.807) is 0 Å². The number of ether oxygens (including phenoxy) is 4. The molecule has 480 valence electrons. The Morgan fingerprint density at radius 2 is 0.630 bits per heavy atom. The standard InChI is InChI=1S/C62H120O17P2/c1-7-10-12-14-16-18-19-20-21-23-25-34-40-46-61(66)78-57(51-73-60(65)45-39-33-29-27-31-37-43-55(6)9-3)52-76-80(68,69)74-48-56(63)49-75-81(70,71)77-53-58(79-62(67)47-41-35-28-26-30-36-42-54(4)5)50-72-59(64)44-38-32-24-22-17-15-13-11-8-2/h54-58,63H,7-53H2,1-6H3,(H,68,69)(H,70,71)/t55?,56-,57-,58-/m1/s1. The maximum Gasteiger partial charge on any atom is 0.472 e. The molecule has 0 fully saturated rings. The largest absolute Gasteiger partial charge is 0.472 e. The number of carbonyl (C=O) groups is 4. The summed E-state index contributed by atoms with van der Waals surface area (Å²) in [7, 11) is -9.88. The average Bonchev–Trinajstić information content (AvgIpc) is 3.43. The number of unbranched alkanes of at least 4 members (excludes halogenated alkanes) is 30. The van der Waals surface area contributed by atoms with E-state index in [-0.39, 0.29) is 25.7 Å². The first-order valence-electron chi connectivity index (χ1n) is 32.5. The molecule has 0 saturated carbocycles. The van der Waals surface area contributed by atoms with Gasteiger partial charge in [-0.15, -0.1) is 0 Å². The molecule has 6 atom stereocenters. The van der Waals surface area contributed by atoms with E-state index in [1.165, 1.54) is 116 Å². The van der Waals surface area contributed by atoms with Gasteiger partial charge < -0.3 is 33.8 Å². The Morgan fingerprint density at radius 1 is 0.358 bits per heavy atom. The molecule has 0 radical (unpaired) electrons. The van der Waals surface area contributed by atoms with Crippen LogP contribution < -0.4 is 0 Å². The van der Waals surface area contributed by atoms with Crippen molar-refractivity contribution in [3.8, 4) is 0 Å². The van der Waals surface area contributed by atoms with Gasteiger partial charge in [0.2, 0.25) is 0 Å². The minimum Gasteiger partial charge on any atom is -0.462 e. The molecule has 0 aliphatic rings. The zero-order valence-electron chi connectivity index (χ0n) is 52.1. The smallest absolute Gasteiger partial charge is 0.462 e. The van der Waals surface area contributed by atoms with Gasteiger partial charge >= 0.3 is 39.5 Å². The van der Waals surface area contributed by atoms with E-state index in [1.807, 2.05) is 0 Å². The van der Waals surface area contributed by atoms with Crippen LogP contribution in [0.5, 0.6) is 0 Å². The Hall–Kier alpha value is -1.94.